The van der Waals surface area contributed by atoms with Crippen molar-refractivity contribution in [1.82, 2.24) is 0 Å². The van der Waals surface area contributed by atoms with Crippen LogP contribution in [-0.2, 0) is 5.41 Å². The quantitative estimate of drug-likeness (QED) is 0.742. The van der Waals surface area contributed by atoms with E-state index in [1.54, 1.807) is 31.4 Å². The third kappa shape index (κ3) is 4.66. The van der Waals surface area contributed by atoms with Gasteiger partial charge in [-0.3, -0.25) is 0 Å². The lowest BCUT2D eigenvalue weighted by Crippen LogP contribution is -2.16. The number of hydrogen-bond acceptors (Lipinski definition) is 4. The molecule has 0 aliphatic carbocycles. The lowest BCUT2D eigenvalue weighted by molar-refractivity contribution is 0.214. The van der Waals surface area contributed by atoms with Crippen molar-refractivity contribution in [3.05, 3.63) is 53.6 Å². The van der Waals surface area contributed by atoms with Crippen LogP contribution in [0, 0.1) is 11.3 Å². The van der Waals surface area contributed by atoms with Gasteiger partial charge in [0.15, 0.2) is 0 Å². The van der Waals surface area contributed by atoms with Gasteiger partial charge in [-0.2, -0.15) is 5.26 Å². The van der Waals surface area contributed by atoms with Crippen LogP contribution in [0.1, 0.15) is 31.9 Å². The van der Waals surface area contributed by atoms with E-state index in [1.807, 2.05) is 18.2 Å². The van der Waals surface area contributed by atoms with E-state index in [2.05, 4.69) is 26.8 Å². The molecule has 0 aliphatic rings. The smallest absolute Gasteiger partial charge is 0.123 e. The zero-order valence-electron chi connectivity index (χ0n) is 14.6. The van der Waals surface area contributed by atoms with Gasteiger partial charge in [0, 0.05) is 5.56 Å². The molecule has 0 amide bonds. The van der Waals surface area contributed by atoms with Crippen molar-refractivity contribution in [2.24, 2.45) is 0 Å². The summed E-state index contributed by atoms with van der Waals surface area (Å²) in [7, 11) is 1.66. The van der Waals surface area contributed by atoms with Gasteiger partial charge in [-0.05, 0) is 47.9 Å². The van der Waals surface area contributed by atoms with E-state index in [9.17, 15) is 0 Å². The van der Waals surface area contributed by atoms with Gasteiger partial charge in [-0.25, -0.2) is 0 Å². The number of hydrogen-bond donors (Lipinski definition) is 0. The molecule has 0 saturated carbocycles. The molecule has 2 aromatic carbocycles. The van der Waals surface area contributed by atoms with Crippen molar-refractivity contribution in [2.75, 3.05) is 20.3 Å². The van der Waals surface area contributed by atoms with Crippen molar-refractivity contribution in [1.29, 1.82) is 5.26 Å². The predicted molar refractivity (Wildman–Crippen MR) is 93.8 cm³/mol. The second-order valence-electron chi connectivity index (χ2n) is 6.45. The second-order valence-corrected chi connectivity index (χ2v) is 6.45. The molecule has 0 unspecified atom stereocenters. The molecule has 0 radical (unpaired) electrons. The first kappa shape index (κ1) is 17.7. The Balaban J connectivity index is 1.95. The highest BCUT2D eigenvalue weighted by atomic mass is 16.5. The van der Waals surface area contributed by atoms with Gasteiger partial charge in [0.1, 0.15) is 30.5 Å². The normalized spacial score (nSPS) is 10.8. The van der Waals surface area contributed by atoms with Crippen LogP contribution in [0.5, 0.6) is 17.2 Å². The zero-order valence-corrected chi connectivity index (χ0v) is 14.6. The predicted octanol–water partition coefficient (Wildman–Crippen LogP) is 4.32. The molecule has 0 aliphatic heterocycles. The summed E-state index contributed by atoms with van der Waals surface area (Å²) in [4.78, 5) is 0. The van der Waals surface area contributed by atoms with Crippen LogP contribution in [0.15, 0.2) is 42.5 Å². The summed E-state index contributed by atoms with van der Waals surface area (Å²) < 4.78 is 16.8. The maximum absolute atomic E-state index is 8.78. The molecule has 24 heavy (non-hydrogen) atoms. The second kappa shape index (κ2) is 7.74. The largest absolute Gasteiger partial charge is 0.497 e. The van der Waals surface area contributed by atoms with Gasteiger partial charge in [-0.15, -0.1) is 0 Å². The van der Waals surface area contributed by atoms with Crippen molar-refractivity contribution in [2.45, 2.75) is 26.2 Å². The minimum absolute atomic E-state index is 0.0438. The first-order valence-corrected chi connectivity index (χ1v) is 7.88. The standard InChI is InChI=1S/C20H23NO3/c1-20(2,3)18-13-17(22-4)9-10-19(18)24-12-11-23-16-7-5-15(14-21)6-8-16/h5-10,13H,11-12H2,1-4H3. The highest BCUT2D eigenvalue weighted by Crippen LogP contribution is 2.34. The molecule has 0 heterocycles. The average Bonchev–Trinajstić information content (AvgIpc) is 2.58. The Morgan fingerprint density at radius 3 is 2.12 bits per heavy atom. The van der Waals surface area contributed by atoms with Gasteiger partial charge >= 0.3 is 0 Å². The Morgan fingerprint density at radius 2 is 1.54 bits per heavy atom. The Kier molecular flexibility index (Phi) is 5.70. The highest BCUT2D eigenvalue weighted by molar-refractivity contribution is 5.44. The first-order valence-electron chi connectivity index (χ1n) is 7.88. The van der Waals surface area contributed by atoms with Gasteiger partial charge in [0.25, 0.3) is 0 Å². The molecule has 0 N–H and O–H groups in total. The Hall–Kier alpha value is -2.67. The van der Waals surface area contributed by atoms with Crippen LogP contribution in [0.25, 0.3) is 0 Å². The third-order valence-corrected chi connectivity index (χ3v) is 3.59. The fourth-order valence-electron chi connectivity index (χ4n) is 2.28. The molecule has 0 aromatic heterocycles. The average molecular weight is 325 g/mol. The maximum atomic E-state index is 8.78. The number of nitrogens with zero attached hydrogens (tertiary/aromatic N) is 1. The van der Waals surface area contributed by atoms with E-state index in [4.69, 9.17) is 19.5 Å². The first-order chi connectivity index (χ1) is 11.4. The minimum atomic E-state index is -0.0438. The van der Waals surface area contributed by atoms with E-state index in [0.717, 1.165) is 22.8 Å². The summed E-state index contributed by atoms with van der Waals surface area (Å²) in [5, 5.41) is 8.78. The minimum Gasteiger partial charge on any atom is -0.497 e. The fourth-order valence-corrected chi connectivity index (χ4v) is 2.28. The Morgan fingerprint density at radius 1 is 0.917 bits per heavy atom. The van der Waals surface area contributed by atoms with Crippen molar-refractivity contribution >= 4 is 0 Å². The van der Waals surface area contributed by atoms with Gasteiger partial charge < -0.3 is 14.2 Å². The van der Waals surface area contributed by atoms with E-state index in [0.29, 0.717) is 18.8 Å². The van der Waals surface area contributed by atoms with Crippen LogP contribution in [0.4, 0.5) is 0 Å². The van der Waals surface area contributed by atoms with Crippen LogP contribution in [0.3, 0.4) is 0 Å². The summed E-state index contributed by atoms with van der Waals surface area (Å²) in [5.41, 5.74) is 1.67. The van der Waals surface area contributed by atoms with E-state index >= 15 is 0 Å². The zero-order chi connectivity index (χ0) is 17.6. The third-order valence-electron chi connectivity index (χ3n) is 3.59. The number of ether oxygens (including phenoxy) is 3. The van der Waals surface area contributed by atoms with Crippen molar-refractivity contribution in [3.63, 3.8) is 0 Å². The molecule has 4 heteroatoms. The number of methoxy groups -OCH3 is 1. The lowest BCUT2D eigenvalue weighted by Gasteiger charge is -2.23. The van der Waals surface area contributed by atoms with Gasteiger partial charge in [0.2, 0.25) is 0 Å². The molecular weight excluding hydrogens is 302 g/mol. The molecule has 126 valence electrons. The van der Waals surface area contributed by atoms with Crippen LogP contribution < -0.4 is 14.2 Å². The summed E-state index contributed by atoms with van der Waals surface area (Å²) in [6.07, 6.45) is 0. The summed E-state index contributed by atoms with van der Waals surface area (Å²) in [5.74, 6) is 2.39. The molecule has 0 atom stereocenters. The van der Waals surface area contributed by atoms with E-state index in [-0.39, 0.29) is 5.41 Å². The lowest BCUT2D eigenvalue weighted by atomic mass is 9.86. The summed E-state index contributed by atoms with van der Waals surface area (Å²) >= 11 is 0. The van der Waals surface area contributed by atoms with Gasteiger partial charge in [-0.1, -0.05) is 20.8 Å². The monoisotopic (exact) mass is 325 g/mol. The van der Waals surface area contributed by atoms with Crippen molar-refractivity contribution < 1.29 is 14.2 Å². The van der Waals surface area contributed by atoms with Crippen LogP contribution in [-0.4, -0.2) is 20.3 Å². The Bertz CT molecular complexity index is 709. The highest BCUT2D eigenvalue weighted by Gasteiger charge is 2.20. The molecular formula is C20H23NO3. The molecule has 2 rings (SSSR count). The molecule has 0 fully saturated rings. The number of benzene rings is 2. The van der Waals surface area contributed by atoms with Crippen molar-refractivity contribution in [3.8, 4) is 23.3 Å². The SMILES string of the molecule is COc1ccc(OCCOc2ccc(C#N)cc2)c(C(C)(C)C)c1. The summed E-state index contributed by atoms with van der Waals surface area (Å²) in [6, 6.07) is 15.0. The molecule has 0 spiro atoms. The van der Waals surface area contributed by atoms with E-state index in [1.165, 1.54) is 0 Å². The number of nitriles is 1. The Labute approximate surface area is 143 Å². The molecule has 0 saturated heterocycles. The fraction of sp³-hybridized carbons (Fsp3) is 0.350. The van der Waals surface area contributed by atoms with Crippen LogP contribution >= 0.6 is 0 Å². The van der Waals surface area contributed by atoms with E-state index < -0.39 is 0 Å². The number of rotatable bonds is 6. The molecule has 4 nitrogen and oxygen atoms in total. The molecule has 0 bridgehead atoms. The molecule has 2 aromatic rings. The maximum Gasteiger partial charge on any atom is 0.123 e. The van der Waals surface area contributed by atoms with Gasteiger partial charge in [0.05, 0.1) is 18.7 Å². The summed E-state index contributed by atoms with van der Waals surface area (Å²) in [6.45, 7) is 7.29. The topological polar surface area (TPSA) is 51.5 Å². The van der Waals surface area contributed by atoms with Crippen LogP contribution in [0.2, 0.25) is 0 Å².